The zero-order chi connectivity index (χ0) is 12.0. The van der Waals surface area contributed by atoms with Crippen molar-refractivity contribution in [1.82, 2.24) is 5.32 Å². The highest BCUT2D eigenvalue weighted by Gasteiger charge is 2.04. The summed E-state index contributed by atoms with van der Waals surface area (Å²) in [5, 5.41) is 16.1. The van der Waals surface area contributed by atoms with E-state index in [1.54, 1.807) is 19.2 Å². The molecule has 1 rings (SSSR count). The molecule has 0 saturated heterocycles. The maximum absolute atomic E-state index is 9.67. The highest BCUT2D eigenvalue weighted by molar-refractivity contribution is 7.80. The summed E-state index contributed by atoms with van der Waals surface area (Å²) in [6.07, 6.45) is 0.996. The Labute approximate surface area is 101 Å². The predicted molar refractivity (Wildman–Crippen MR) is 69.2 cm³/mol. The van der Waals surface area contributed by atoms with Crippen LogP contribution in [0.1, 0.15) is 13.3 Å². The van der Waals surface area contributed by atoms with Crippen molar-refractivity contribution in [3.8, 4) is 11.5 Å². The Morgan fingerprint density at radius 1 is 1.50 bits per heavy atom. The second kappa shape index (κ2) is 6.17. The van der Waals surface area contributed by atoms with Crippen LogP contribution in [0.5, 0.6) is 11.5 Å². The Kier molecular flexibility index (Phi) is 4.85. The van der Waals surface area contributed by atoms with Gasteiger partial charge in [-0.15, -0.1) is 0 Å². The van der Waals surface area contributed by atoms with E-state index in [9.17, 15) is 5.11 Å². The minimum atomic E-state index is 0.111. The molecule has 0 aliphatic rings. The van der Waals surface area contributed by atoms with Crippen LogP contribution in [-0.4, -0.2) is 23.9 Å². The van der Waals surface area contributed by atoms with Crippen molar-refractivity contribution < 1.29 is 9.84 Å². The van der Waals surface area contributed by atoms with Gasteiger partial charge in [0.15, 0.2) is 5.11 Å². The highest BCUT2D eigenvalue weighted by Crippen LogP contribution is 2.27. The van der Waals surface area contributed by atoms with Gasteiger partial charge in [-0.05, 0) is 30.8 Å². The molecule has 0 unspecified atom stereocenters. The van der Waals surface area contributed by atoms with E-state index >= 15 is 0 Å². The standard InChI is InChI=1S/C11H16N2O2S/c1-3-6-12-11(16)13-9-5-4-8(15-2)7-10(9)14/h4-5,7,14H,3,6H2,1-2H3,(H2,12,13,16). The largest absolute Gasteiger partial charge is 0.506 e. The molecule has 0 atom stereocenters. The van der Waals surface area contributed by atoms with Gasteiger partial charge < -0.3 is 20.5 Å². The lowest BCUT2D eigenvalue weighted by Gasteiger charge is -2.11. The number of hydrogen-bond donors (Lipinski definition) is 3. The number of ether oxygens (including phenoxy) is 1. The third-order valence-electron chi connectivity index (χ3n) is 1.99. The molecule has 16 heavy (non-hydrogen) atoms. The van der Waals surface area contributed by atoms with E-state index in [1.165, 1.54) is 6.07 Å². The summed E-state index contributed by atoms with van der Waals surface area (Å²) in [6.45, 7) is 2.86. The van der Waals surface area contributed by atoms with Crippen LogP contribution in [0.3, 0.4) is 0 Å². The predicted octanol–water partition coefficient (Wildman–Crippen LogP) is 2.10. The molecule has 0 bridgehead atoms. The van der Waals surface area contributed by atoms with Gasteiger partial charge in [-0.1, -0.05) is 6.92 Å². The average molecular weight is 240 g/mol. The first kappa shape index (κ1) is 12.6. The molecule has 88 valence electrons. The lowest BCUT2D eigenvalue weighted by atomic mass is 10.3. The number of phenols is 1. The summed E-state index contributed by atoms with van der Waals surface area (Å²) < 4.78 is 4.98. The first-order valence-electron chi connectivity index (χ1n) is 5.09. The highest BCUT2D eigenvalue weighted by atomic mass is 32.1. The summed E-state index contributed by atoms with van der Waals surface area (Å²) in [5.74, 6) is 0.718. The van der Waals surface area contributed by atoms with Gasteiger partial charge in [0.1, 0.15) is 11.5 Å². The molecule has 0 spiro atoms. The fourth-order valence-corrected chi connectivity index (χ4v) is 1.36. The van der Waals surface area contributed by atoms with E-state index in [4.69, 9.17) is 17.0 Å². The van der Waals surface area contributed by atoms with E-state index in [1.807, 2.05) is 0 Å². The Balaban J connectivity index is 2.63. The van der Waals surface area contributed by atoms with Crippen LogP contribution in [0.2, 0.25) is 0 Å². The normalized spacial score (nSPS) is 9.62. The summed E-state index contributed by atoms with van der Waals surface area (Å²) >= 11 is 5.06. The van der Waals surface area contributed by atoms with Crippen molar-refractivity contribution in [2.75, 3.05) is 19.0 Å². The fraction of sp³-hybridized carbons (Fsp3) is 0.364. The van der Waals surface area contributed by atoms with Crippen molar-refractivity contribution in [2.45, 2.75) is 13.3 Å². The van der Waals surface area contributed by atoms with Gasteiger partial charge >= 0.3 is 0 Å². The quantitative estimate of drug-likeness (QED) is 0.556. The number of methoxy groups -OCH3 is 1. The summed E-state index contributed by atoms with van der Waals surface area (Å²) in [6, 6.07) is 5.00. The second-order valence-corrected chi connectivity index (χ2v) is 3.67. The minimum absolute atomic E-state index is 0.111. The lowest BCUT2D eigenvalue weighted by Crippen LogP contribution is -2.28. The number of benzene rings is 1. The molecule has 0 fully saturated rings. The number of anilines is 1. The number of phenolic OH excluding ortho intramolecular Hbond substituents is 1. The molecule has 4 nitrogen and oxygen atoms in total. The van der Waals surface area contributed by atoms with Crippen molar-refractivity contribution in [3.05, 3.63) is 18.2 Å². The van der Waals surface area contributed by atoms with Crippen molar-refractivity contribution in [3.63, 3.8) is 0 Å². The first-order chi connectivity index (χ1) is 7.67. The van der Waals surface area contributed by atoms with E-state index in [-0.39, 0.29) is 5.75 Å². The van der Waals surface area contributed by atoms with Gasteiger partial charge in [-0.25, -0.2) is 0 Å². The van der Waals surface area contributed by atoms with Crippen LogP contribution in [0, 0.1) is 0 Å². The van der Waals surface area contributed by atoms with Gasteiger partial charge in [-0.3, -0.25) is 0 Å². The number of nitrogens with one attached hydrogen (secondary N) is 2. The number of aromatic hydroxyl groups is 1. The van der Waals surface area contributed by atoms with Crippen LogP contribution in [0.25, 0.3) is 0 Å². The first-order valence-corrected chi connectivity index (χ1v) is 5.50. The van der Waals surface area contributed by atoms with Crippen molar-refractivity contribution in [1.29, 1.82) is 0 Å². The van der Waals surface area contributed by atoms with Crippen LogP contribution in [-0.2, 0) is 0 Å². The lowest BCUT2D eigenvalue weighted by molar-refractivity contribution is 0.408. The van der Waals surface area contributed by atoms with Crippen molar-refractivity contribution in [2.24, 2.45) is 0 Å². The van der Waals surface area contributed by atoms with Gasteiger partial charge in [0, 0.05) is 12.6 Å². The van der Waals surface area contributed by atoms with E-state index < -0.39 is 0 Å². The molecular formula is C11H16N2O2S. The summed E-state index contributed by atoms with van der Waals surface area (Å²) in [4.78, 5) is 0. The zero-order valence-electron chi connectivity index (χ0n) is 9.41. The second-order valence-electron chi connectivity index (χ2n) is 3.26. The molecule has 0 heterocycles. The maximum Gasteiger partial charge on any atom is 0.170 e. The zero-order valence-corrected chi connectivity index (χ0v) is 10.2. The molecule has 5 heteroatoms. The third kappa shape index (κ3) is 3.58. The van der Waals surface area contributed by atoms with Gasteiger partial charge in [0.25, 0.3) is 0 Å². The average Bonchev–Trinajstić information content (AvgIpc) is 2.29. The SMILES string of the molecule is CCCNC(=S)Nc1ccc(OC)cc1O. The van der Waals surface area contributed by atoms with E-state index in [0.29, 0.717) is 16.5 Å². The molecule has 0 amide bonds. The fourth-order valence-electron chi connectivity index (χ4n) is 1.15. The monoisotopic (exact) mass is 240 g/mol. The van der Waals surface area contributed by atoms with E-state index in [2.05, 4.69) is 17.6 Å². The maximum atomic E-state index is 9.67. The Hall–Kier alpha value is -1.49. The smallest absolute Gasteiger partial charge is 0.170 e. The molecule has 3 N–H and O–H groups in total. The van der Waals surface area contributed by atoms with Crippen LogP contribution in [0.4, 0.5) is 5.69 Å². The van der Waals surface area contributed by atoms with Gasteiger partial charge in [-0.2, -0.15) is 0 Å². The number of rotatable bonds is 4. The molecule has 0 radical (unpaired) electrons. The molecule has 0 aliphatic heterocycles. The molecule has 0 aromatic heterocycles. The number of thiocarbonyl (C=S) groups is 1. The van der Waals surface area contributed by atoms with Crippen molar-refractivity contribution >= 4 is 23.0 Å². The minimum Gasteiger partial charge on any atom is -0.506 e. The van der Waals surface area contributed by atoms with Crippen LogP contribution < -0.4 is 15.4 Å². The topological polar surface area (TPSA) is 53.5 Å². The van der Waals surface area contributed by atoms with Crippen LogP contribution in [0.15, 0.2) is 18.2 Å². The number of hydrogen-bond acceptors (Lipinski definition) is 3. The molecule has 1 aromatic carbocycles. The van der Waals surface area contributed by atoms with E-state index in [0.717, 1.165) is 13.0 Å². The Morgan fingerprint density at radius 3 is 2.81 bits per heavy atom. The third-order valence-corrected chi connectivity index (χ3v) is 2.24. The summed E-state index contributed by atoms with van der Waals surface area (Å²) in [7, 11) is 1.55. The van der Waals surface area contributed by atoms with Gasteiger partial charge in [0.2, 0.25) is 0 Å². The Bertz CT molecular complexity index is 369. The molecule has 1 aromatic rings. The van der Waals surface area contributed by atoms with Gasteiger partial charge in [0.05, 0.1) is 12.8 Å². The molecule has 0 saturated carbocycles. The molecular weight excluding hydrogens is 224 g/mol. The van der Waals surface area contributed by atoms with Crippen LogP contribution >= 0.6 is 12.2 Å². The summed E-state index contributed by atoms with van der Waals surface area (Å²) in [5.41, 5.74) is 0.564. The Morgan fingerprint density at radius 2 is 2.25 bits per heavy atom. The molecule has 0 aliphatic carbocycles.